The van der Waals surface area contributed by atoms with Gasteiger partial charge in [0.1, 0.15) is 5.60 Å². The van der Waals surface area contributed by atoms with Gasteiger partial charge in [0.2, 0.25) is 10.0 Å². The number of ether oxygens (including phenoxy) is 1. The molecule has 0 radical (unpaired) electrons. The molecule has 0 aliphatic rings. The van der Waals surface area contributed by atoms with Crippen molar-refractivity contribution in [2.75, 3.05) is 0 Å². The van der Waals surface area contributed by atoms with Crippen molar-refractivity contribution in [2.45, 2.75) is 37.8 Å². The van der Waals surface area contributed by atoms with Crippen molar-refractivity contribution in [1.29, 1.82) is 0 Å². The lowest BCUT2D eigenvalue weighted by molar-refractivity contribution is 0.0523. The van der Waals surface area contributed by atoms with Crippen LogP contribution in [0.2, 0.25) is 0 Å². The minimum Gasteiger partial charge on any atom is -0.444 e. The van der Waals surface area contributed by atoms with Gasteiger partial charge in [-0.2, -0.15) is 0 Å². The van der Waals surface area contributed by atoms with Crippen molar-refractivity contribution in [1.82, 2.24) is 5.32 Å². The Balaban J connectivity index is 2.77. The zero-order valence-electron chi connectivity index (χ0n) is 11.1. The normalized spacial score (nSPS) is 12.0. The van der Waals surface area contributed by atoms with E-state index in [1.165, 1.54) is 6.07 Å². The first kappa shape index (κ1) is 15.5. The Morgan fingerprint density at radius 2 is 1.89 bits per heavy atom. The minimum atomic E-state index is -3.81. The third-order valence-electron chi connectivity index (χ3n) is 2.10. The fourth-order valence-electron chi connectivity index (χ4n) is 1.41. The lowest BCUT2D eigenvalue weighted by Crippen LogP contribution is -2.32. The second-order valence-corrected chi connectivity index (χ2v) is 6.54. The summed E-state index contributed by atoms with van der Waals surface area (Å²) in [6.45, 7) is 5.25. The Morgan fingerprint density at radius 3 is 2.42 bits per heavy atom. The van der Waals surface area contributed by atoms with E-state index in [2.05, 4.69) is 5.32 Å². The van der Waals surface area contributed by atoms with E-state index in [9.17, 15) is 13.2 Å². The summed E-state index contributed by atoms with van der Waals surface area (Å²) in [6.07, 6.45) is -0.614. The molecule has 0 atom stereocenters. The molecule has 0 aliphatic carbocycles. The number of hydrogen-bond donors (Lipinski definition) is 2. The van der Waals surface area contributed by atoms with Crippen LogP contribution in [0.4, 0.5) is 4.79 Å². The number of carbonyl (C=O) groups is 1. The van der Waals surface area contributed by atoms with Gasteiger partial charge in [0.05, 0.1) is 4.90 Å². The van der Waals surface area contributed by atoms with E-state index in [0.29, 0.717) is 5.56 Å². The number of sulfonamides is 1. The third kappa shape index (κ3) is 5.27. The fourth-order valence-corrected chi connectivity index (χ4v) is 2.18. The Kier molecular flexibility index (Phi) is 4.54. The number of primary sulfonamides is 1. The molecule has 0 fully saturated rings. The molecule has 0 unspecified atom stereocenters. The van der Waals surface area contributed by atoms with E-state index in [-0.39, 0.29) is 11.4 Å². The largest absolute Gasteiger partial charge is 0.444 e. The molecule has 0 spiro atoms. The summed E-state index contributed by atoms with van der Waals surface area (Å²) in [4.78, 5) is 11.5. The minimum absolute atomic E-state index is 0.00828. The molecule has 19 heavy (non-hydrogen) atoms. The van der Waals surface area contributed by atoms with Crippen LogP contribution >= 0.6 is 0 Å². The molecule has 0 aromatic heterocycles. The molecule has 6 nitrogen and oxygen atoms in total. The first-order valence-corrected chi connectivity index (χ1v) is 7.22. The maximum atomic E-state index is 11.5. The number of benzene rings is 1. The average molecular weight is 286 g/mol. The summed E-state index contributed by atoms with van der Waals surface area (Å²) in [5.41, 5.74) is -0.195. The van der Waals surface area contributed by atoms with Gasteiger partial charge in [-0.3, -0.25) is 0 Å². The van der Waals surface area contributed by atoms with Gasteiger partial charge in [-0.1, -0.05) is 18.2 Å². The number of alkyl carbamates (subject to hydrolysis) is 1. The Labute approximate surface area is 113 Å². The molecule has 1 aromatic carbocycles. The Morgan fingerprint density at radius 1 is 1.32 bits per heavy atom. The van der Waals surface area contributed by atoms with Crippen LogP contribution in [0.15, 0.2) is 29.2 Å². The fraction of sp³-hybridized carbons (Fsp3) is 0.417. The SMILES string of the molecule is CC(C)(C)OC(=O)NCc1ccccc1S(N)(=O)=O. The molecule has 0 saturated carbocycles. The van der Waals surface area contributed by atoms with Crippen LogP contribution in [-0.4, -0.2) is 20.1 Å². The maximum absolute atomic E-state index is 11.5. The molecule has 1 amide bonds. The van der Waals surface area contributed by atoms with E-state index in [1.807, 2.05) is 0 Å². The quantitative estimate of drug-likeness (QED) is 0.876. The van der Waals surface area contributed by atoms with Crippen molar-refractivity contribution in [3.63, 3.8) is 0 Å². The van der Waals surface area contributed by atoms with Crippen molar-refractivity contribution >= 4 is 16.1 Å². The van der Waals surface area contributed by atoms with Gasteiger partial charge >= 0.3 is 6.09 Å². The molecule has 7 heteroatoms. The second kappa shape index (κ2) is 5.58. The van der Waals surface area contributed by atoms with E-state index < -0.39 is 21.7 Å². The molecule has 106 valence electrons. The summed E-state index contributed by atoms with van der Waals surface area (Å²) in [5, 5.41) is 7.58. The van der Waals surface area contributed by atoms with Gasteiger partial charge in [0.25, 0.3) is 0 Å². The smallest absolute Gasteiger partial charge is 0.407 e. The first-order chi connectivity index (χ1) is 8.59. The highest BCUT2D eigenvalue weighted by molar-refractivity contribution is 7.89. The maximum Gasteiger partial charge on any atom is 0.407 e. The summed E-state index contributed by atoms with van der Waals surface area (Å²) >= 11 is 0. The van der Waals surface area contributed by atoms with Crippen molar-refractivity contribution in [3.05, 3.63) is 29.8 Å². The van der Waals surface area contributed by atoms with Gasteiger partial charge in [-0.05, 0) is 32.4 Å². The van der Waals surface area contributed by atoms with E-state index >= 15 is 0 Å². The highest BCUT2D eigenvalue weighted by atomic mass is 32.2. The van der Waals surface area contributed by atoms with Gasteiger partial charge in [0, 0.05) is 6.54 Å². The van der Waals surface area contributed by atoms with E-state index in [4.69, 9.17) is 9.88 Å². The number of amides is 1. The molecule has 0 aliphatic heterocycles. The molecule has 1 aromatic rings. The van der Waals surface area contributed by atoms with Crippen LogP contribution in [0.25, 0.3) is 0 Å². The molecular weight excluding hydrogens is 268 g/mol. The number of nitrogens with one attached hydrogen (secondary N) is 1. The Bertz CT molecular complexity index is 561. The van der Waals surface area contributed by atoms with Crippen molar-refractivity contribution in [2.24, 2.45) is 5.14 Å². The molecule has 0 heterocycles. The zero-order valence-corrected chi connectivity index (χ0v) is 12.0. The predicted octanol–water partition coefficient (Wildman–Crippen LogP) is 1.36. The van der Waals surface area contributed by atoms with Crippen LogP contribution in [0.3, 0.4) is 0 Å². The van der Waals surface area contributed by atoms with Crippen LogP contribution < -0.4 is 10.5 Å². The third-order valence-corrected chi connectivity index (χ3v) is 3.11. The standard InChI is InChI=1S/C12H18N2O4S/c1-12(2,3)18-11(15)14-8-9-6-4-5-7-10(9)19(13,16)17/h4-7H,8H2,1-3H3,(H,14,15)(H2,13,16,17). The van der Waals surface area contributed by atoms with E-state index in [0.717, 1.165) is 0 Å². The van der Waals surface area contributed by atoms with E-state index in [1.54, 1.807) is 39.0 Å². The predicted molar refractivity (Wildman–Crippen MR) is 70.9 cm³/mol. The number of carbonyl (C=O) groups excluding carboxylic acids is 1. The van der Waals surface area contributed by atoms with Crippen molar-refractivity contribution < 1.29 is 17.9 Å². The van der Waals surface area contributed by atoms with Gasteiger partial charge in [-0.25, -0.2) is 18.4 Å². The summed E-state index contributed by atoms with van der Waals surface area (Å²) in [5.74, 6) is 0. The topological polar surface area (TPSA) is 98.5 Å². The molecule has 0 saturated heterocycles. The summed E-state index contributed by atoms with van der Waals surface area (Å²) in [7, 11) is -3.81. The van der Waals surface area contributed by atoms with Crippen LogP contribution in [0.1, 0.15) is 26.3 Å². The lowest BCUT2D eigenvalue weighted by atomic mass is 10.2. The molecule has 3 N–H and O–H groups in total. The molecule has 1 rings (SSSR count). The number of nitrogens with two attached hydrogens (primary N) is 1. The highest BCUT2D eigenvalue weighted by Crippen LogP contribution is 2.13. The summed E-state index contributed by atoms with van der Waals surface area (Å²) < 4.78 is 27.8. The molecular formula is C12H18N2O4S. The number of hydrogen-bond acceptors (Lipinski definition) is 4. The van der Waals surface area contributed by atoms with Crippen LogP contribution in [0, 0.1) is 0 Å². The monoisotopic (exact) mass is 286 g/mol. The highest BCUT2D eigenvalue weighted by Gasteiger charge is 2.17. The Hall–Kier alpha value is -1.60. The van der Waals surface area contributed by atoms with Gasteiger partial charge in [0.15, 0.2) is 0 Å². The number of rotatable bonds is 3. The lowest BCUT2D eigenvalue weighted by Gasteiger charge is -2.20. The van der Waals surface area contributed by atoms with Crippen LogP contribution in [0.5, 0.6) is 0 Å². The van der Waals surface area contributed by atoms with Crippen LogP contribution in [-0.2, 0) is 21.3 Å². The van der Waals surface area contributed by atoms with Crippen molar-refractivity contribution in [3.8, 4) is 0 Å². The average Bonchev–Trinajstić information content (AvgIpc) is 2.23. The molecule has 0 bridgehead atoms. The first-order valence-electron chi connectivity index (χ1n) is 5.67. The second-order valence-electron chi connectivity index (χ2n) is 5.01. The van der Waals surface area contributed by atoms with Gasteiger partial charge in [-0.15, -0.1) is 0 Å². The zero-order chi connectivity index (χ0) is 14.7. The van der Waals surface area contributed by atoms with Gasteiger partial charge < -0.3 is 10.1 Å². The summed E-state index contributed by atoms with van der Waals surface area (Å²) in [6, 6.07) is 6.20.